The molecule has 7 heteroatoms. The Kier molecular flexibility index (Phi) is 9.53. The Morgan fingerprint density at radius 3 is 2.22 bits per heavy atom. The summed E-state index contributed by atoms with van der Waals surface area (Å²) in [5.41, 5.74) is 1.29. The molecule has 1 aliphatic rings. The number of aliphatic hydroxyl groups excluding tert-OH is 1. The van der Waals surface area contributed by atoms with E-state index in [-0.39, 0.29) is 17.4 Å². The van der Waals surface area contributed by atoms with Crippen LogP contribution in [0.1, 0.15) is 57.2 Å². The average Bonchev–Trinajstić information content (AvgIpc) is 3.10. The quantitative estimate of drug-likeness (QED) is 0.193. The summed E-state index contributed by atoms with van der Waals surface area (Å²) < 4.78 is 11.5. The fourth-order valence-electron chi connectivity index (χ4n) is 4.17. The first kappa shape index (κ1) is 27.3. The third-order valence-corrected chi connectivity index (χ3v) is 6.04. The number of nitrogens with zero attached hydrogens (tertiary/aromatic N) is 2. The first-order valence-electron chi connectivity index (χ1n) is 12.7. The maximum Gasteiger partial charge on any atom is 0.295 e. The highest BCUT2D eigenvalue weighted by molar-refractivity contribution is 6.46. The molecule has 0 aromatic heterocycles. The molecule has 3 rings (SSSR count). The van der Waals surface area contributed by atoms with Crippen LogP contribution in [0.4, 0.5) is 0 Å². The number of likely N-dealkylation sites (tertiary alicyclic amines) is 1. The molecule has 0 saturated carbocycles. The van der Waals surface area contributed by atoms with Gasteiger partial charge in [0.05, 0.1) is 24.3 Å². The van der Waals surface area contributed by atoms with Crippen molar-refractivity contribution in [2.45, 2.75) is 52.2 Å². The molecule has 1 aliphatic heterocycles. The molecule has 2 aromatic rings. The zero-order valence-electron chi connectivity index (χ0n) is 22.0. The molecule has 1 saturated heterocycles. The Morgan fingerprint density at radius 1 is 1.00 bits per heavy atom. The van der Waals surface area contributed by atoms with Crippen LogP contribution in [-0.4, -0.2) is 66.5 Å². The van der Waals surface area contributed by atoms with E-state index in [1.54, 1.807) is 29.2 Å². The van der Waals surface area contributed by atoms with Crippen LogP contribution in [-0.2, 0) is 9.59 Å². The van der Waals surface area contributed by atoms with Crippen LogP contribution in [0.25, 0.3) is 5.76 Å². The lowest BCUT2D eigenvalue weighted by Gasteiger charge is -2.26. The summed E-state index contributed by atoms with van der Waals surface area (Å²) >= 11 is 0. The number of hydrogen-bond donors (Lipinski definition) is 1. The lowest BCUT2D eigenvalue weighted by molar-refractivity contribution is -0.140. The summed E-state index contributed by atoms with van der Waals surface area (Å²) in [5, 5.41) is 11.2. The SMILES string of the molecule is CCCCCOc1ccc(C2/C(=C(\O)c3ccc(OC(C)C)cc3)C(=O)C(=O)N2CCN(C)C)cc1. The molecular weight excluding hydrogens is 456 g/mol. The van der Waals surface area contributed by atoms with Crippen molar-refractivity contribution >= 4 is 17.4 Å². The Labute approximate surface area is 214 Å². The van der Waals surface area contributed by atoms with E-state index in [1.807, 2.05) is 57.1 Å². The summed E-state index contributed by atoms with van der Waals surface area (Å²) in [7, 11) is 3.83. The normalized spacial score (nSPS) is 17.3. The monoisotopic (exact) mass is 494 g/mol. The number of hydrogen-bond acceptors (Lipinski definition) is 6. The van der Waals surface area contributed by atoms with Crippen molar-refractivity contribution in [1.82, 2.24) is 9.80 Å². The van der Waals surface area contributed by atoms with Gasteiger partial charge in [-0.25, -0.2) is 0 Å². The Hall–Kier alpha value is -3.32. The van der Waals surface area contributed by atoms with E-state index in [2.05, 4.69) is 6.92 Å². The van der Waals surface area contributed by atoms with Gasteiger partial charge < -0.3 is 24.4 Å². The number of Topliss-reactive ketones (excluding diaryl/α,β-unsaturated/α-hetero) is 1. The number of amides is 1. The number of carbonyl (C=O) groups excluding carboxylic acids is 2. The lowest BCUT2D eigenvalue weighted by Crippen LogP contribution is -2.35. The van der Waals surface area contributed by atoms with Gasteiger partial charge in [-0.1, -0.05) is 31.9 Å². The Bertz CT molecular complexity index is 1060. The molecule has 1 N–H and O–H groups in total. The van der Waals surface area contributed by atoms with Crippen LogP contribution in [0.2, 0.25) is 0 Å². The van der Waals surface area contributed by atoms with Gasteiger partial charge in [-0.05, 0) is 76.3 Å². The average molecular weight is 495 g/mol. The predicted octanol–water partition coefficient (Wildman–Crippen LogP) is 5.03. The fraction of sp³-hybridized carbons (Fsp3) is 0.448. The maximum absolute atomic E-state index is 13.2. The number of aliphatic hydroxyl groups is 1. The van der Waals surface area contributed by atoms with Crippen LogP contribution < -0.4 is 9.47 Å². The number of ether oxygens (including phenoxy) is 2. The summed E-state index contributed by atoms with van der Waals surface area (Å²) in [6.45, 7) is 7.61. The van der Waals surface area contributed by atoms with Gasteiger partial charge in [-0.2, -0.15) is 0 Å². The Morgan fingerprint density at radius 2 is 1.64 bits per heavy atom. The fourth-order valence-corrected chi connectivity index (χ4v) is 4.17. The van der Waals surface area contributed by atoms with Gasteiger partial charge in [0.1, 0.15) is 17.3 Å². The van der Waals surface area contributed by atoms with Crippen molar-refractivity contribution < 1.29 is 24.2 Å². The number of ketones is 1. The highest BCUT2D eigenvalue weighted by atomic mass is 16.5. The minimum Gasteiger partial charge on any atom is -0.507 e. The van der Waals surface area contributed by atoms with Crippen LogP contribution >= 0.6 is 0 Å². The molecule has 2 aromatic carbocycles. The van der Waals surface area contributed by atoms with Crippen molar-refractivity contribution in [3.8, 4) is 11.5 Å². The van der Waals surface area contributed by atoms with Crippen molar-refractivity contribution in [2.24, 2.45) is 0 Å². The molecule has 0 radical (unpaired) electrons. The summed E-state index contributed by atoms with van der Waals surface area (Å²) in [4.78, 5) is 29.7. The number of benzene rings is 2. The summed E-state index contributed by atoms with van der Waals surface area (Å²) in [5.74, 6) is -0.0803. The Balaban J connectivity index is 1.96. The van der Waals surface area contributed by atoms with Gasteiger partial charge in [-0.3, -0.25) is 9.59 Å². The van der Waals surface area contributed by atoms with Crippen molar-refractivity contribution in [3.63, 3.8) is 0 Å². The van der Waals surface area contributed by atoms with Gasteiger partial charge >= 0.3 is 0 Å². The molecule has 1 heterocycles. The topological polar surface area (TPSA) is 79.3 Å². The first-order valence-corrected chi connectivity index (χ1v) is 12.7. The van der Waals surface area contributed by atoms with Gasteiger partial charge in [0, 0.05) is 18.7 Å². The van der Waals surface area contributed by atoms with Crippen molar-refractivity contribution in [3.05, 3.63) is 65.2 Å². The molecule has 1 unspecified atom stereocenters. The maximum atomic E-state index is 13.2. The lowest BCUT2D eigenvalue weighted by atomic mass is 9.95. The van der Waals surface area contributed by atoms with Crippen LogP contribution in [0, 0.1) is 0 Å². The second kappa shape index (κ2) is 12.6. The molecule has 0 spiro atoms. The highest BCUT2D eigenvalue weighted by Crippen LogP contribution is 2.39. The largest absolute Gasteiger partial charge is 0.507 e. The number of unbranched alkanes of at least 4 members (excludes halogenated alkanes) is 2. The van der Waals surface area contributed by atoms with E-state index in [0.29, 0.717) is 31.0 Å². The molecule has 7 nitrogen and oxygen atoms in total. The molecule has 1 amide bonds. The van der Waals surface area contributed by atoms with Gasteiger partial charge in [0.15, 0.2) is 0 Å². The van der Waals surface area contributed by atoms with Crippen LogP contribution in [0.3, 0.4) is 0 Å². The van der Waals surface area contributed by atoms with E-state index in [9.17, 15) is 14.7 Å². The van der Waals surface area contributed by atoms with E-state index in [0.717, 1.165) is 30.6 Å². The first-order chi connectivity index (χ1) is 17.2. The molecule has 1 atom stereocenters. The van der Waals surface area contributed by atoms with E-state index in [4.69, 9.17) is 9.47 Å². The standard InChI is InChI=1S/C29H38N2O5/c1-6-7-8-19-35-23-13-9-21(10-14-23)26-25(28(33)29(34)31(26)18-17-30(4)5)27(32)22-11-15-24(16-12-22)36-20(2)3/h9-16,20,26,32H,6-8,17-19H2,1-5H3/b27-25+. The smallest absolute Gasteiger partial charge is 0.295 e. The number of carbonyl (C=O) groups is 2. The van der Waals surface area contributed by atoms with Gasteiger partial charge in [-0.15, -0.1) is 0 Å². The zero-order valence-corrected chi connectivity index (χ0v) is 22.0. The number of rotatable bonds is 12. The van der Waals surface area contributed by atoms with Crippen LogP contribution in [0.5, 0.6) is 11.5 Å². The van der Waals surface area contributed by atoms with Gasteiger partial charge in [0.25, 0.3) is 11.7 Å². The zero-order chi connectivity index (χ0) is 26.2. The highest BCUT2D eigenvalue weighted by Gasteiger charge is 2.45. The molecule has 1 fully saturated rings. The second-order valence-corrected chi connectivity index (χ2v) is 9.61. The molecule has 0 bridgehead atoms. The van der Waals surface area contributed by atoms with Crippen molar-refractivity contribution in [2.75, 3.05) is 33.8 Å². The second-order valence-electron chi connectivity index (χ2n) is 9.61. The predicted molar refractivity (Wildman–Crippen MR) is 141 cm³/mol. The van der Waals surface area contributed by atoms with Gasteiger partial charge in [0.2, 0.25) is 0 Å². The summed E-state index contributed by atoms with van der Waals surface area (Å²) in [6.07, 6.45) is 3.25. The third kappa shape index (κ3) is 6.66. The minimum atomic E-state index is -0.689. The van der Waals surface area contributed by atoms with E-state index in [1.165, 1.54) is 0 Å². The summed E-state index contributed by atoms with van der Waals surface area (Å²) in [6, 6.07) is 13.6. The van der Waals surface area contributed by atoms with E-state index >= 15 is 0 Å². The number of likely N-dealkylation sites (N-methyl/N-ethyl adjacent to an activating group) is 1. The third-order valence-electron chi connectivity index (χ3n) is 6.04. The molecule has 36 heavy (non-hydrogen) atoms. The molecular formula is C29H38N2O5. The van der Waals surface area contributed by atoms with Crippen molar-refractivity contribution in [1.29, 1.82) is 0 Å². The van der Waals surface area contributed by atoms with E-state index < -0.39 is 17.7 Å². The van der Waals surface area contributed by atoms with Crippen LogP contribution in [0.15, 0.2) is 54.1 Å². The molecule has 194 valence electrons. The minimum absolute atomic E-state index is 0.0186. The molecule has 0 aliphatic carbocycles.